The maximum Gasteiger partial charge on any atom is 0.346 e. The van der Waals surface area contributed by atoms with Crippen LogP contribution in [0.4, 0.5) is 0 Å². The van der Waals surface area contributed by atoms with Crippen LogP contribution in [0, 0.1) is 5.92 Å². The summed E-state index contributed by atoms with van der Waals surface area (Å²) < 4.78 is 11.7. The third-order valence-electron chi connectivity index (χ3n) is 3.92. The molecular formula is C20H15NO4S. The van der Waals surface area contributed by atoms with E-state index < -0.39 is 5.63 Å². The monoisotopic (exact) mass is 365 g/mol. The zero-order valence-corrected chi connectivity index (χ0v) is 15.0. The highest BCUT2D eigenvalue weighted by molar-refractivity contribution is 7.21. The van der Waals surface area contributed by atoms with Crippen LogP contribution < -0.4 is 10.4 Å². The highest BCUT2D eigenvalue weighted by Gasteiger charge is 2.14. The van der Waals surface area contributed by atoms with E-state index in [0.29, 0.717) is 21.9 Å². The predicted octanol–water partition coefficient (Wildman–Crippen LogP) is 4.63. The molecule has 0 fully saturated rings. The van der Waals surface area contributed by atoms with Gasteiger partial charge in [-0.25, -0.2) is 9.78 Å². The van der Waals surface area contributed by atoms with Crippen molar-refractivity contribution >= 4 is 38.5 Å². The minimum Gasteiger partial charge on any atom is -0.426 e. The van der Waals surface area contributed by atoms with Gasteiger partial charge in [-0.15, -0.1) is 11.3 Å². The second-order valence-corrected chi connectivity index (χ2v) is 7.24. The van der Waals surface area contributed by atoms with E-state index in [1.54, 1.807) is 38.1 Å². The number of nitrogens with zero attached hydrogens (tertiary/aromatic N) is 1. The van der Waals surface area contributed by atoms with Gasteiger partial charge in [0.2, 0.25) is 0 Å². The van der Waals surface area contributed by atoms with Crippen LogP contribution >= 0.6 is 11.3 Å². The number of fused-ring (bicyclic) bond motifs is 2. The molecule has 26 heavy (non-hydrogen) atoms. The number of aromatic nitrogens is 1. The summed E-state index contributed by atoms with van der Waals surface area (Å²) in [6, 6.07) is 14.5. The van der Waals surface area contributed by atoms with E-state index in [2.05, 4.69) is 4.98 Å². The SMILES string of the molecule is CC(C)C(=O)Oc1ccc2cc(-c3nc4ccccc4s3)c(=O)oc2c1. The lowest BCUT2D eigenvalue weighted by Gasteiger charge is -2.07. The van der Waals surface area contributed by atoms with E-state index in [1.807, 2.05) is 24.3 Å². The molecule has 0 saturated carbocycles. The Labute approximate surface area is 152 Å². The predicted molar refractivity (Wildman–Crippen MR) is 102 cm³/mol. The van der Waals surface area contributed by atoms with Crippen LogP contribution in [0.1, 0.15) is 13.8 Å². The molecule has 2 aromatic heterocycles. The van der Waals surface area contributed by atoms with Crippen molar-refractivity contribution in [3.05, 3.63) is 59.0 Å². The zero-order chi connectivity index (χ0) is 18.3. The second kappa shape index (κ2) is 6.38. The molecule has 0 aliphatic heterocycles. The fourth-order valence-electron chi connectivity index (χ4n) is 2.53. The van der Waals surface area contributed by atoms with Crippen molar-refractivity contribution in [3.63, 3.8) is 0 Å². The van der Waals surface area contributed by atoms with Gasteiger partial charge in [0.1, 0.15) is 16.3 Å². The van der Waals surface area contributed by atoms with Gasteiger partial charge in [-0.3, -0.25) is 4.79 Å². The molecule has 0 aliphatic rings. The molecule has 5 nitrogen and oxygen atoms in total. The third-order valence-corrected chi connectivity index (χ3v) is 4.99. The maximum atomic E-state index is 12.4. The van der Waals surface area contributed by atoms with Crippen molar-refractivity contribution in [2.24, 2.45) is 5.92 Å². The lowest BCUT2D eigenvalue weighted by molar-refractivity contribution is -0.137. The van der Waals surface area contributed by atoms with Crippen molar-refractivity contribution in [3.8, 4) is 16.3 Å². The van der Waals surface area contributed by atoms with E-state index in [0.717, 1.165) is 15.6 Å². The Morgan fingerprint density at radius 1 is 1.15 bits per heavy atom. The summed E-state index contributed by atoms with van der Waals surface area (Å²) in [4.78, 5) is 28.7. The quantitative estimate of drug-likeness (QED) is 0.301. The number of esters is 1. The number of carbonyl (C=O) groups is 1. The molecule has 2 heterocycles. The van der Waals surface area contributed by atoms with Gasteiger partial charge in [0.05, 0.1) is 21.7 Å². The molecule has 0 spiro atoms. The number of carbonyl (C=O) groups excluding carboxylic acids is 1. The summed E-state index contributed by atoms with van der Waals surface area (Å²) in [5, 5.41) is 1.36. The lowest BCUT2D eigenvalue weighted by atomic mass is 10.2. The number of thiazole rings is 1. The van der Waals surface area contributed by atoms with Crippen LogP contribution in [0.3, 0.4) is 0 Å². The largest absolute Gasteiger partial charge is 0.426 e. The van der Waals surface area contributed by atoms with Crippen molar-refractivity contribution in [1.29, 1.82) is 0 Å². The Morgan fingerprint density at radius 2 is 1.96 bits per heavy atom. The average Bonchev–Trinajstić information content (AvgIpc) is 3.04. The average molecular weight is 365 g/mol. The van der Waals surface area contributed by atoms with Crippen LogP contribution in [0.15, 0.2) is 57.7 Å². The zero-order valence-electron chi connectivity index (χ0n) is 14.2. The summed E-state index contributed by atoms with van der Waals surface area (Å²) in [5.41, 5.74) is 1.17. The first-order valence-electron chi connectivity index (χ1n) is 8.17. The fourth-order valence-corrected chi connectivity index (χ4v) is 3.49. The molecule has 0 saturated heterocycles. The van der Waals surface area contributed by atoms with Gasteiger partial charge in [-0.1, -0.05) is 26.0 Å². The molecular weight excluding hydrogens is 350 g/mol. The van der Waals surface area contributed by atoms with Crippen LogP contribution in [-0.4, -0.2) is 11.0 Å². The smallest absolute Gasteiger partial charge is 0.346 e. The summed E-state index contributed by atoms with van der Waals surface area (Å²) in [6.07, 6.45) is 0. The molecule has 0 atom stereocenters. The Balaban J connectivity index is 1.77. The van der Waals surface area contributed by atoms with Crippen LogP contribution in [0.25, 0.3) is 31.8 Å². The highest BCUT2D eigenvalue weighted by atomic mass is 32.1. The number of ether oxygens (including phenoxy) is 1. The molecule has 0 N–H and O–H groups in total. The summed E-state index contributed by atoms with van der Waals surface area (Å²) >= 11 is 1.45. The van der Waals surface area contributed by atoms with E-state index in [9.17, 15) is 9.59 Å². The molecule has 0 aliphatic carbocycles. The Hall–Kier alpha value is -2.99. The maximum absolute atomic E-state index is 12.4. The first-order valence-corrected chi connectivity index (χ1v) is 8.98. The minimum atomic E-state index is -0.469. The van der Waals surface area contributed by atoms with E-state index in [-0.39, 0.29) is 11.9 Å². The van der Waals surface area contributed by atoms with Crippen LogP contribution in [0.2, 0.25) is 0 Å². The van der Waals surface area contributed by atoms with Crippen LogP contribution in [-0.2, 0) is 4.79 Å². The Morgan fingerprint density at radius 3 is 2.73 bits per heavy atom. The summed E-state index contributed by atoms with van der Waals surface area (Å²) in [7, 11) is 0. The molecule has 130 valence electrons. The number of hydrogen-bond donors (Lipinski definition) is 0. The lowest BCUT2D eigenvalue weighted by Crippen LogP contribution is -2.14. The number of para-hydroxylation sites is 1. The van der Waals surface area contributed by atoms with Crippen molar-refractivity contribution in [1.82, 2.24) is 4.98 Å². The third kappa shape index (κ3) is 2.99. The number of benzene rings is 2. The molecule has 0 unspecified atom stereocenters. The highest BCUT2D eigenvalue weighted by Crippen LogP contribution is 2.30. The van der Waals surface area contributed by atoms with Gasteiger partial charge in [-0.2, -0.15) is 0 Å². The van der Waals surface area contributed by atoms with Gasteiger partial charge in [0.25, 0.3) is 0 Å². The first-order chi connectivity index (χ1) is 12.5. The molecule has 0 amide bonds. The minimum absolute atomic E-state index is 0.237. The molecule has 6 heteroatoms. The van der Waals surface area contributed by atoms with Gasteiger partial charge >= 0.3 is 11.6 Å². The summed E-state index contributed by atoms with van der Waals surface area (Å²) in [6.45, 7) is 3.52. The molecule has 2 aromatic carbocycles. The molecule has 0 radical (unpaired) electrons. The molecule has 4 rings (SSSR count). The van der Waals surface area contributed by atoms with E-state index >= 15 is 0 Å². The standard InChI is InChI=1S/C20H15NO4S/c1-11(2)19(22)24-13-8-7-12-9-14(20(23)25-16(12)10-13)18-21-15-5-3-4-6-17(15)26-18/h3-11H,1-2H3. The second-order valence-electron chi connectivity index (χ2n) is 6.21. The first kappa shape index (κ1) is 16.5. The molecule has 4 aromatic rings. The number of hydrogen-bond acceptors (Lipinski definition) is 6. The normalized spacial score (nSPS) is 11.3. The van der Waals surface area contributed by atoms with Crippen molar-refractivity contribution in [2.75, 3.05) is 0 Å². The van der Waals surface area contributed by atoms with Gasteiger partial charge < -0.3 is 9.15 Å². The number of rotatable bonds is 3. The Bertz CT molecular complexity index is 1160. The summed E-state index contributed by atoms with van der Waals surface area (Å²) in [5.74, 6) is -0.219. The van der Waals surface area contributed by atoms with Crippen LogP contribution in [0.5, 0.6) is 5.75 Å². The van der Waals surface area contributed by atoms with Gasteiger partial charge in [-0.05, 0) is 30.3 Å². The van der Waals surface area contributed by atoms with Gasteiger partial charge in [0, 0.05) is 11.5 Å². The van der Waals surface area contributed by atoms with E-state index in [4.69, 9.17) is 9.15 Å². The molecule has 0 bridgehead atoms. The van der Waals surface area contributed by atoms with Crippen molar-refractivity contribution < 1.29 is 13.9 Å². The fraction of sp³-hybridized carbons (Fsp3) is 0.150. The Kier molecular flexibility index (Phi) is 4.05. The topological polar surface area (TPSA) is 69.4 Å². The van der Waals surface area contributed by atoms with Gasteiger partial charge in [0.15, 0.2) is 0 Å². The van der Waals surface area contributed by atoms with Crippen molar-refractivity contribution in [2.45, 2.75) is 13.8 Å². The van der Waals surface area contributed by atoms with E-state index in [1.165, 1.54) is 11.3 Å².